The van der Waals surface area contributed by atoms with Crippen molar-refractivity contribution in [2.75, 3.05) is 40.3 Å². The van der Waals surface area contributed by atoms with Gasteiger partial charge in [-0.05, 0) is 42.9 Å². The number of likely N-dealkylation sites (N-methyl/N-ethyl adjacent to an activating group) is 1. The average Bonchev–Trinajstić information content (AvgIpc) is 2.58. The number of amides is 1. The van der Waals surface area contributed by atoms with Gasteiger partial charge in [-0.1, -0.05) is 32.9 Å². The maximum Gasteiger partial charge on any atom is 0.280 e. The Labute approximate surface area is 170 Å². The monoisotopic (exact) mass is 410 g/mol. The number of benzene rings is 1. The van der Waals surface area contributed by atoms with E-state index in [1.807, 2.05) is 32.9 Å². The molecule has 1 heterocycles. The van der Waals surface area contributed by atoms with E-state index in [0.717, 1.165) is 21.6 Å². The van der Waals surface area contributed by atoms with Crippen molar-refractivity contribution in [1.82, 2.24) is 9.21 Å². The van der Waals surface area contributed by atoms with E-state index in [-0.39, 0.29) is 17.4 Å². The summed E-state index contributed by atoms with van der Waals surface area (Å²) in [7, 11) is -0.0352. The lowest BCUT2D eigenvalue weighted by atomic mass is 9.85. The van der Waals surface area contributed by atoms with Crippen LogP contribution in [0.1, 0.15) is 44.4 Å². The van der Waals surface area contributed by atoms with Crippen LogP contribution >= 0.6 is 0 Å². The summed E-state index contributed by atoms with van der Waals surface area (Å²) in [6.07, 6.45) is 0. The quantitative estimate of drug-likeness (QED) is 0.805. The molecule has 1 saturated heterocycles. The summed E-state index contributed by atoms with van der Waals surface area (Å²) in [6.45, 7) is 14.2. The zero-order valence-electron chi connectivity index (χ0n) is 18.6. The molecular weight excluding hydrogens is 374 g/mol. The third kappa shape index (κ3) is 4.58. The molecule has 0 bridgehead atoms. The van der Waals surface area contributed by atoms with Gasteiger partial charge in [-0.15, -0.1) is 0 Å². The standard InChI is InChI=1S/C21H35N3O3S/c1-15-13-18(21(4,5)6)14-16(2)19(15)28(26,27)24-11-9-23(10-12-24)17(3)20(25)22(7)8/h13-14,17H,9-12H2,1-8H3/p+1/t17-/m0/s1. The van der Waals surface area contributed by atoms with Crippen molar-refractivity contribution in [2.45, 2.75) is 57.9 Å². The minimum Gasteiger partial charge on any atom is -0.344 e. The van der Waals surface area contributed by atoms with Crippen LogP contribution in [0.4, 0.5) is 0 Å². The lowest BCUT2D eigenvalue weighted by molar-refractivity contribution is -0.917. The number of carbonyl (C=O) groups excluding carboxylic acids is 1. The minimum atomic E-state index is -3.55. The van der Waals surface area contributed by atoms with E-state index >= 15 is 0 Å². The largest absolute Gasteiger partial charge is 0.344 e. The summed E-state index contributed by atoms with van der Waals surface area (Å²) in [4.78, 5) is 15.4. The van der Waals surface area contributed by atoms with Gasteiger partial charge in [0.2, 0.25) is 10.0 Å². The van der Waals surface area contributed by atoms with Crippen molar-refractivity contribution in [3.63, 3.8) is 0 Å². The Hall–Kier alpha value is -1.44. The van der Waals surface area contributed by atoms with Crippen LogP contribution in [0.15, 0.2) is 17.0 Å². The zero-order valence-corrected chi connectivity index (χ0v) is 19.4. The Morgan fingerprint density at radius 3 is 1.96 bits per heavy atom. The Kier molecular flexibility index (Phi) is 6.63. The highest BCUT2D eigenvalue weighted by atomic mass is 32.2. The fourth-order valence-electron chi connectivity index (χ4n) is 3.93. The second-order valence-corrected chi connectivity index (χ2v) is 11.1. The van der Waals surface area contributed by atoms with Gasteiger partial charge >= 0.3 is 0 Å². The number of sulfonamides is 1. The topological polar surface area (TPSA) is 62.1 Å². The molecule has 1 aliphatic rings. The molecule has 0 aliphatic carbocycles. The van der Waals surface area contributed by atoms with E-state index < -0.39 is 10.0 Å². The van der Waals surface area contributed by atoms with E-state index in [0.29, 0.717) is 31.1 Å². The first-order valence-electron chi connectivity index (χ1n) is 9.94. The van der Waals surface area contributed by atoms with E-state index in [1.54, 1.807) is 23.3 Å². The van der Waals surface area contributed by atoms with Gasteiger partial charge < -0.3 is 9.80 Å². The number of carbonyl (C=O) groups is 1. The third-order valence-electron chi connectivity index (χ3n) is 5.71. The summed E-state index contributed by atoms with van der Waals surface area (Å²) < 4.78 is 28.3. The van der Waals surface area contributed by atoms with E-state index in [2.05, 4.69) is 20.8 Å². The first-order valence-corrected chi connectivity index (χ1v) is 11.4. The molecule has 1 aromatic rings. The molecule has 2 rings (SSSR count). The van der Waals surface area contributed by atoms with Gasteiger partial charge in [0.05, 0.1) is 31.1 Å². The molecule has 0 radical (unpaired) electrons. The van der Waals surface area contributed by atoms with Crippen molar-refractivity contribution in [3.05, 3.63) is 28.8 Å². The van der Waals surface area contributed by atoms with E-state index in [4.69, 9.17) is 0 Å². The summed E-state index contributed by atoms with van der Waals surface area (Å²) in [5, 5.41) is 0. The van der Waals surface area contributed by atoms with Gasteiger partial charge in [0.15, 0.2) is 6.04 Å². The Morgan fingerprint density at radius 1 is 1.11 bits per heavy atom. The molecule has 158 valence electrons. The van der Waals surface area contributed by atoms with E-state index in [1.165, 1.54) is 0 Å². The second-order valence-electron chi connectivity index (χ2n) is 9.21. The molecule has 1 aromatic carbocycles. The number of aryl methyl sites for hydroxylation is 2. The van der Waals surface area contributed by atoms with Crippen molar-refractivity contribution in [2.24, 2.45) is 0 Å². The first kappa shape index (κ1) is 22.8. The predicted octanol–water partition coefficient (Wildman–Crippen LogP) is 0.967. The average molecular weight is 411 g/mol. The lowest BCUT2D eigenvalue weighted by Gasteiger charge is -2.35. The van der Waals surface area contributed by atoms with Crippen LogP contribution in [0, 0.1) is 13.8 Å². The van der Waals surface area contributed by atoms with Crippen molar-refractivity contribution < 1.29 is 18.1 Å². The molecule has 0 aromatic heterocycles. The molecule has 0 saturated carbocycles. The Balaban J connectivity index is 2.23. The van der Waals surface area contributed by atoms with Gasteiger partial charge in [0, 0.05) is 14.1 Å². The summed E-state index contributed by atoms with van der Waals surface area (Å²) >= 11 is 0. The fraction of sp³-hybridized carbons (Fsp3) is 0.667. The molecule has 1 fully saturated rings. The number of nitrogens with one attached hydrogen (secondary N) is 1. The normalized spacial score (nSPS) is 18.1. The molecule has 0 unspecified atom stereocenters. The summed E-state index contributed by atoms with van der Waals surface area (Å²) in [5.41, 5.74) is 2.72. The fourth-order valence-corrected chi connectivity index (χ4v) is 5.78. The number of piperazine rings is 1. The minimum absolute atomic E-state index is 0.0259. The van der Waals surface area contributed by atoms with Gasteiger partial charge in [0.25, 0.3) is 5.91 Å². The molecule has 1 N–H and O–H groups in total. The highest BCUT2D eigenvalue weighted by molar-refractivity contribution is 7.89. The predicted molar refractivity (Wildman–Crippen MR) is 112 cm³/mol. The van der Waals surface area contributed by atoms with Gasteiger partial charge in [-0.3, -0.25) is 4.79 Å². The first-order chi connectivity index (χ1) is 12.8. The highest BCUT2D eigenvalue weighted by Gasteiger charge is 2.36. The lowest BCUT2D eigenvalue weighted by Crippen LogP contribution is -3.19. The van der Waals surface area contributed by atoms with Crippen LogP contribution in [0.2, 0.25) is 0 Å². The number of rotatable bonds is 4. The van der Waals surface area contributed by atoms with Crippen LogP contribution in [0.25, 0.3) is 0 Å². The molecular formula is C21H36N3O3S+. The highest BCUT2D eigenvalue weighted by Crippen LogP contribution is 2.30. The van der Waals surface area contributed by atoms with Gasteiger partial charge in [-0.25, -0.2) is 8.42 Å². The molecule has 7 heteroatoms. The number of hydrogen-bond donors (Lipinski definition) is 1. The molecule has 1 amide bonds. The maximum absolute atomic E-state index is 13.3. The summed E-state index contributed by atoms with van der Waals surface area (Å²) in [5.74, 6) is 0.0794. The van der Waals surface area contributed by atoms with Gasteiger partial charge in [0.1, 0.15) is 0 Å². The number of hydrogen-bond acceptors (Lipinski definition) is 3. The van der Waals surface area contributed by atoms with Gasteiger partial charge in [-0.2, -0.15) is 4.31 Å². The summed E-state index contributed by atoms with van der Waals surface area (Å²) in [6, 6.07) is 3.84. The number of nitrogens with zero attached hydrogens (tertiary/aromatic N) is 2. The van der Waals surface area contributed by atoms with Crippen LogP contribution < -0.4 is 4.90 Å². The van der Waals surface area contributed by atoms with Crippen LogP contribution in [0.3, 0.4) is 0 Å². The van der Waals surface area contributed by atoms with Crippen molar-refractivity contribution in [1.29, 1.82) is 0 Å². The van der Waals surface area contributed by atoms with Crippen LogP contribution in [-0.4, -0.2) is 69.8 Å². The van der Waals surface area contributed by atoms with Crippen molar-refractivity contribution in [3.8, 4) is 0 Å². The van der Waals surface area contributed by atoms with E-state index in [9.17, 15) is 13.2 Å². The SMILES string of the molecule is Cc1cc(C(C)(C)C)cc(C)c1S(=O)(=O)N1CC[NH+]([C@@H](C)C(=O)N(C)C)CC1. The molecule has 6 nitrogen and oxygen atoms in total. The Bertz CT molecular complexity index is 810. The van der Waals surface area contributed by atoms with Crippen LogP contribution in [-0.2, 0) is 20.2 Å². The van der Waals surface area contributed by atoms with Crippen molar-refractivity contribution >= 4 is 15.9 Å². The number of quaternary nitrogens is 1. The zero-order chi connectivity index (χ0) is 21.4. The molecule has 1 atom stereocenters. The second kappa shape index (κ2) is 8.13. The Morgan fingerprint density at radius 2 is 1.57 bits per heavy atom. The molecule has 1 aliphatic heterocycles. The smallest absolute Gasteiger partial charge is 0.280 e. The third-order valence-corrected chi connectivity index (χ3v) is 7.92. The maximum atomic E-state index is 13.3. The van der Waals surface area contributed by atoms with Crippen LogP contribution in [0.5, 0.6) is 0 Å². The molecule has 0 spiro atoms. The molecule has 28 heavy (non-hydrogen) atoms.